The number of carboxylic acid groups (broad SMARTS) is 2. The van der Waals surface area contributed by atoms with Crippen LogP contribution in [0.15, 0.2) is 0 Å². The molecule has 0 fully saturated rings. The lowest BCUT2D eigenvalue weighted by molar-refractivity contribution is -0.142. The molecule has 13 nitrogen and oxygen atoms in total. The lowest BCUT2D eigenvalue weighted by atomic mass is 10.0. The van der Waals surface area contributed by atoms with Crippen molar-refractivity contribution in [3.05, 3.63) is 0 Å². The van der Waals surface area contributed by atoms with Gasteiger partial charge in [0.2, 0.25) is 23.6 Å². The largest absolute Gasteiger partial charge is 0.481 e. The summed E-state index contributed by atoms with van der Waals surface area (Å²) in [5.41, 5.74) is 10.8. The molecule has 0 saturated carbocycles. The quantitative estimate of drug-likeness (QED) is 0.111. The van der Waals surface area contributed by atoms with Gasteiger partial charge in [-0.3, -0.25) is 24.0 Å². The number of primary amides is 1. The fourth-order valence-corrected chi connectivity index (χ4v) is 2.92. The number of nitrogens with one attached hydrogen (secondary N) is 3. The molecule has 0 saturated heterocycles. The third-order valence-electron chi connectivity index (χ3n) is 4.46. The number of hydrogen-bond donors (Lipinski definition) is 8. The van der Waals surface area contributed by atoms with Crippen LogP contribution in [-0.4, -0.2) is 75.7 Å². The minimum Gasteiger partial charge on any atom is -0.481 e. The Labute approximate surface area is 196 Å². The molecule has 33 heavy (non-hydrogen) atoms. The molecule has 4 unspecified atom stereocenters. The van der Waals surface area contributed by atoms with Crippen LogP contribution < -0.4 is 27.4 Å². The third kappa shape index (κ3) is 12.7. The first-order chi connectivity index (χ1) is 15.3. The van der Waals surface area contributed by atoms with E-state index in [1.54, 1.807) is 13.8 Å². The Balaban J connectivity index is 5.45. The smallest absolute Gasteiger partial charge is 0.327 e. The molecule has 0 aliphatic carbocycles. The minimum atomic E-state index is -1.33. The van der Waals surface area contributed by atoms with Crippen LogP contribution in [0.25, 0.3) is 0 Å². The van der Waals surface area contributed by atoms with Crippen LogP contribution in [0.3, 0.4) is 0 Å². The van der Waals surface area contributed by atoms with Crippen molar-refractivity contribution in [2.75, 3.05) is 5.75 Å². The maximum absolute atomic E-state index is 12.9. The summed E-state index contributed by atoms with van der Waals surface area (Å²) in [5, 5.41) is 24.9. The van der Waals surface area contributed by atoms with Crippen molar-refractivity contribution in [2.45, 2.75) is 70.1 Å². The van der Waals surface area contributed by atoms with Gasteiger partial charge in [-0.25, -0.2) is 4.79 Å². The summed E-state index contributed by atoms with van der Waals surface area (Å²) in [7, 11) is 0. The van der Waals surface area contributed by atoms with Gasteiger partial charge in [-0.1, -0.05) is 13.8 Å². The highest BCUT2D eigenvalue weighted by molar-refractivity contribution is 7.80. The van der Waals surface area contributed by atoms with Gasteiger partial charge in [0.05, 0.1) is 6.04 Å². The molecule has 0 aliphatic heterocycles. The Kier molecular flexibility index (Phi) is 13.7. The average molecular weight is 492 g/mol. The van der Waals surface area contributed by atoms with Crippen LogP contribution in [-0.2, 0) is 28.8 Å². The van der Waals surface area contributed by atoms with E-state index in [9.17, 15) is 28.8 Å². The third-order valence-corrected chi connectivity index (χ3v) is 4.82. The molecule has 0 spiro atoms. The number of thiol groups is 1. The number of carbonyl (C=O) groups is 6. The summed E-state index contributed by atoms with van der Waals surface area (Å²) < 4.78 is 0. The van der Waals surface area contributed by atoms with Gasteiger partial charge in [0.15, 0.2) is 0 Å². The fourth-order valence-electron chi connectivity index (χ4n) is 2.68. The summed E-state index contributed by atoms with van der Waals surface area (Å²) in [6, 6.07) is -4.91. The molecule has 0 aromatic rings. The zero-order valence-corrected chi connectivity index (χ0v) is 19.5. The Morgan fingerprint density at radius 1 is 0.818 bits per heavy atom. The molecule has 9 N–H and O–H groups in total. The van der Waals surface area contributed by atoms with Crippen LogP contribution >= 0.6 is 12.6 Å². The Morgan fingerprint density at radius 2 is 1.33 bits per heavy atom. The first-order valence-corrected chi connectivity index (χ1v) is 10.9. The SMILES string of the molecule is CC(C)CC(NC(=O)C(N)CCC(=O)O)C(=O)NC(CCC(N)=O)C(=O)NC(CS)C(=O)O. The van der Waals surface area contributed by atoms with Gasteiger partial charge in [-0.2, -0.15) is 12.6 Å². The fraction of sp³-hybridized carbons (Fsp3) is 0.684. The lowest BCUT2D eigenvalue weighted by Gasteiger charge is -2.25. The van der Waals surface area contributed by atoms with Crippen LogP contribution in [0.2, 0.25) is 0 Å². The summed E-state index contributed by atoms with van der Waals surface area (Å²) in [4.78, 5) is 70.7. The molecule has 0 radical (unpaired) electrons. The van der Waals surface area contributed by atoms with Crippen molar-refractivity contribution in [1.29, 1.82) is 0 Å². The topological polar surface area (TPSA) is 231 Å². The zero-order valence-electron chi connectivity index (χ0n) is 18.6. The molecule has 0 bridgehead atoms. The average Bonchev–Trinajstić information content (AvgIpc) is 2.71. The second kappa shape index (κ2) is 15.1. The lowest BCUT2D eigenvalue weighted by Crippen LogP contribution is -2.57. The Bertz CT molecular complexity index is 733. The van der Waals surface area contributed by atoms with Crippen molar-refractivity contribution >= 4 is 48.2 Å². The molecular weight excluding hydrogens is 458 g/mol. The maximum Gasteiger partial charge on any atom is 0.327 e. The molecule has 4 amide bonds. The van der Waals surface area contributed by atoms with Crippen molar-refractivity contribution in [2.24, 2.45) is 17.4 Å². The van der Waals surface area contributed by atoms with Crippen LogP contribution in [0, 0.1) is 5.92 Å². The molecule has 0 aromatic carbocycles. The van der Waals surface area contributed by atoms with E-state index >= 15 is 0 Å². The van der Waals surface area contributed by atoms with Crippen molar-refractivity contribution in [3.63, 3.8) is 0 Å². The molecule has 0 aromatic heterocycles. The van der Waals surface area contributed by atoms with Crippen molar-refractivity contribution in [1.82, 2.24) is 16.0 Å². The number of hydrogen-bond acceptors (Lipinski definition) is 8. The van der Waals surface area contributed by atoms with Crippen molar-refractivity contribution < 1.29 is 39.0 Å². The predicted molar refractivity (Wildman–Crippen MR) is 120 cm³/mol. The molecule has 0 rings (SSSR count). The van der Waals surface area contributed by atoms with Gasteiger partial charge in [-0.15, -0.1) is 0 Å². The van der Waals surface area contributed by atoms with E-state index in [0.29, 0.717) is 0 Å². The first-order valence-electron chi connectivity index (χ1n) is 10.3. The van der Waals surface area contributed by atoms with Gasteiger partial charge < -0.3 is 37.6 Å². The zero-order chi connectivity index (χ0) is 25.7. The highest BCUT2D eigenvalue weighted by Gasteiger charge is 2.30. The van der Waals surface area contributed by atoms with Crippen molar-refractivity contribution in [3.8, 4) is 0 Å². The second-order valence-corrected chi connectivity index (χ2v) is 8.24. The van der Waals surface area contributed by atoms with Gasteiger partial charge in [0.25, 0.3) is 0 Å². The van der Waals surface area contributed by atoms with Crippen LogP contribution in [0.1, 0.15) is 46.0 Å². The van der Waals surface area contributed by atoms with E-state index in [1.165, 1.54) is 0 Å². The second-order valence-electron chi connectivity index (χ2n) is 7.88. The standard InChI is InChI=1S/C19H33N5O8S/c1-9(2)7-12(23-16(28)10(20)3-6-15(26)27)18(30)22-11(4-5-14(21)25)17(29)24-13(8-33)19(31)32/h9-13,33H,3-8,20H2,1-2H3,(H2,21,25)(H,22,30)(H,23,28)(H,24,29)(H,26,27)(H,31,32). The molecule has 4 atom stereocenters. The van der Waals surface area contributed by atoms with E-state index in [1.807, 2.05) is 0 Å². The summed E-state index contributed by atoms with van der Waals surface area (Å²) >= 11 is 3.86. The summed E-state index contributed by atoms with van der Waals surface area (Å²) in [6.07, 6.45) is -0.770. The van der Waals surface area contributed by atoms with Gasteiger partial charge in [0.1, 0.15) is 18.1 Å². The monoisotopic (exact) mass is 491 g/mol. The van der Waals surface area contributed by atoms with Gasteiger partial charge in [-0.05, 0) is 25.2 Å². The molecule has 0 aliphatic rings. The number of nitrogens with two attached hydrogens (primary N) is 2. The Morgan fingerprint density at radius 3 is 1.79 bits per heavy atom. The molecule has 188 valence electrons. The Hall–Kier alpha value is -2.87. The summed E-state index contributed by atoms with van der Waals surface area (Å²) in [5.74, 6) is -5.83. The number of carboxylic acids is 2. The highest BCUT2D eigenvalue weighted by Crippen LogP contribution is 2.08. The minimum absolute atomic E-state index is 0.0604. The predicted octanol–water partition coefficient (Wildman–Crippen LogP) is -2.04. The molecule has 14 heteroatoms. The van der Waals surface area contributed by atoms with Crippen LogP contribution in [0.5, 0.6) is 0 Å². The number of amides is 4. The molecule has 0 heterocycles. The first kappa shape index (κ1) is 30.1. The van der Waals surface area contributed by atoms with Gasteiger partial charge in [0, 0.05) is 18.6 Å². The van der Waals surface area contributed by atoms with Crippen LogP contribution in [0.4, 0.5) is 0 Å². The van der Waals surface area contributed by atoms with E-state index in [-0.39, 0.29) is 43.8 Å². The van der Waals surface area contributed by atoms with E-state index < -0.39 is 59.7 Å². The summed E-state index contributed by atoms with van der Waals surface area (Å²) in [6.45, 7) is 3.58. The molecular formula is C19H33N5O8S. The van der Waals surface area contributed by atoms with E-state index in [2.05, 4.69) is 28.6 Å². The van der Waals surface area contributed by atoms with E-state index in [4.69, 9.17) is 21.7 Å². The number of rotatable bonds is 16. The van der Waals surface area contributed by atoms with E-state index in [0.717, 1.165) is 0 Å². The maximum atomic E-state index is 12.9. The van der Waals surface area contributed by atoms with Gasteiger partial charge >= 0.3 is 11.9 Å². The number of aliphatic carboxylic acids is 2. The highest BCUT2D eigenvalue weighted by atomic mass is 32.1. The number of carbonyl (C=O) groups excluding carboxylic acids is 4. The normalized spacial score (nSPS) is 14.5.